The van der Waals surface area contributed by atoms with Crippen LogP contribution in [-0.2, 0) is 23.2 Å². The van der Waals surface area contributed by atoms with Gasteiger partial charge in [-0.25, -0.2) is 13.2 Å². The summed E-state index contributed by atoms with van der Waals surface area (Å²) in [5.74, 6) is -0.992. The summed E-state index contributed by atoms with van der Waals surface area (Å²) in [7, 11) is -1.79. The predicted octanol–water partition coefficient (Wildman–Crippen LogP) is 1.44. The molecule has 8 heteroatoms. The van der Waals surface area contributed by atoms with E-state index in [4.69, 9.17) is 0 Å². The van der Waals surface area contributed by atoms with Gasteiger partial charge in [-0.05, 0) is 35.4 Å². The quantitative estimate of drug-likeness (QED) is 0.332. The Morgan fingerprint density at radius 1 is 1.39 bits per heavy atom. The summed E-state index contributed by atoms with van der Waals surface area (Å²) in [5.41, 5.74) is 0.472. The first-order chi connectivity index (χ1) is 10.8. The molecular formula is C15H17NO5S2. The molecule has 0 N–H and O–H groups in total. The van der Waals surface area contributed by atoms with Crippen molar-refractivity contribution < 1.29 is 22.7 Å². The van der Waals surface area contributed by atoms with Gasteiger partial charge in [-0.3, -0.25) is 4.79 Å². The van der Waals surface area contributed by atoms with E-state index in [1.807, 2.05) is 0 Å². The Kier molecular flexibility index (Phi) is 5.16. The van der Waals surface area contributed by atoms with E-state index < -0.39 is 32.0 Å². The summed E-state index contributed by atoms with van der Waals surface area (Å²) >= 11 is 0. The van der Waals surface area contributed by atoms with Crippen LogP contribution in [-0.4, -0.2) is 50.1 Å². The number of carbonyl (C=O) groups excluding carboxylic acids is 2. The molecular weight excluding hydrogens is 338 g/mol. The van der Waals surface area contributed by atoms with Crippen molar-refractivity contribution in [2.75, 3.05) is 13.7 Å². The Bertz CT molecular complexity index is 729. The van der Waals surface area contributed by atoms with Crippen molar-refractivity contribution >= 4 is 31.5 Å². The van der Waals surface area contributed by atoms with Gasteiger partial charge < -0.3 is 9.64 Å². The predicted molar refractivity (Wildman–Crippen MR) is 87.3 cm³/mol. The van der Waals surface area contributed by atoms with E-state index in [0.29, 0.717) is 16.4 Å². The molecule has 1 aromatic rings. The Morgan fingerprint density at radius 2 is 2.00 bits per heavy atom. The van der Waals surface area contributed by atoms with Gasteiger partial charge in [0.25, 0.3) is 0 Å². The van der Waals surface area contributed by atoms with Gasteiger partial charge in [0.2, 0.25) is 14.8 Å². The molecule has 1 aromatic carbocycles. The summed E-state index contributed by atoms with van der Waals surface area (Å²) in [6, 6.07) is 7.05. The number of ether oxygens (including phenoxy) is 1. The number of carbonyl (C=O) groups is 2. The van der Waals surface area contributed by atoms with E-state index in [0.717, 1.165) is 0 Å². The van der Waals surface area contributed by atoms with Gasteiger partial charge in [0.05, 0.1) is 12.0 Å². The summed E-state index contributed by atoms with van der Waals surface area (Å²) in [6.45, 7) is 5.47. The second kappa shape index (κ2) is 6.76. The lowest BCUT2D eigenvalue weighted by Crippen LogP contribution is -2.61. The van der Waals surface area contributed by atoms with E-state index in [1.54, 1.807) is 25.1 Å². The van der Waals surface area contributed by atoms with Gasteiger partial charge in [0.1, 0.15) is 5.25 Å². The molecule has 1 aliphatic heterocycles. The molecule has 1 fully saturated rings. The lowest BCUT2D eigenvalue weighted by molar-refractivity contribution is -0.155. The van der Waals surface area contributed by atoms with Crippen molar-refractivity contribution in [3.63, 3.8) is 0 Å². The summed E-state index contributed by atoms with van der Waals surface area (Å²) in [4.78, 5) is 25.4. The zero-order valence-corrected chi connectivity index (χ0v) is 14.4. The first-order valence-corrected chi connectivity index (χ1v) is 9.68. The standard InChI is InChI=1S/C15H17NO5S2/c1-10(2)13(15(18)21-3)16-9-12(14(16)17)22-23(19,20)11-7-5-4-6-8-11/h4-8,12-13H,1,9H2,2-3H3/t12-,13?/m1/s1. The smallest absolute Gasteiger partial charge is 0.332 e. The maximum Gasteiger partial charge on any atom is 0.332 e. The fraction of sp³-hybridized carbons (Fsp3) is 0.333. The number of hydrogen-bond acceptors (Lipinski definition) is 6. The van der Waals surface area contributed by atoms with Crippen molar-refractivity contribution in [1.29, 1.82) is 0 Å². The Morgan fingerprint density at radius 3 is 2.48 bits per heavy atom. The van der Waals surface area contributed by atoms with Crippen LogP contribution >= 0.6 is 10.8 Å². The van der Waals surface area contributed by atoms with E-state index in [1.165, 1.54) is 24.1 Å². The van der Waals surface area contributed by atoms with Gasteiger partial charge in [-0.15, -0.1) is 0 Å². The average molecular weight is 355 g/mol. The molecule has 124 valence electrons. The number of benzene rings is 1. The van der Waals surface area contributed by atoms with E-state index in [9.17, 15) is 18.0 Å². The Hall–Kier alpha value is -1.80. The van der Waals surface area contributed by atoms with Crippen LogP contribution in [0.3, 0.4) is 0 Å². The number of rotatable bonds is 6. The van der Waals surface area contributed by atoms with Gasteiger partial charge in [-0.1, -0.05) is 24.8 Å². The van der Waals surface area contributed by atoms with Crippen LogP contribution in [0, 0.1) is 0 Å². The third kappa shape index (κ3) is 3.59. The number of amides is 1. The zero-order valence-electron chi connectivity index (χ0n) is 12.8. The third-order valence-corrected chi connectivity index (χ3v) is 7.12. The molecule has 1 amide bonds. The van der Waals surface area contributed by atoms with E-state index in [-0.39, 0.29) is 11.4 Å². The van der Waals surface area contributed by atoms with Crippen LogP contribution < -0.4 is 0 Å². The molecule has 6 nitrogen and oxygen atoms in total. The number of likely N-dealkylation sites (tertiary alicyclic amines) is 1. The van der Waals surface area contributed by atoms with Crippen LogP contribution in [0.5, 0.6) is 0 Å². The number of hydrogen-bond donors (Lipinski definition) is 0. The van der Waals surface area contributed by atoms with Crippen LogP contribution in [0.25, 0.3) is 0 Å². The molecule has 0 spiro atoms. The van der Waals surface area contributed by atoms with Crippen LogP contribution in [0.4, 0.5) is 0 Å². The summed E-state index contributed by atoms with van der Waals surface area (Å²) < 4.78 is 29.2. The molecule has 1 saturated heterocycles. The van der Waals surface area contributed by atoms with Gasteiger partial charge in [-0.2, -0.15) is 0 Å². The fourth-order valence-electron chi connectivity index (χ4n) is 2.23. The van der Waals surface area contributed by atoms with Crippen molar-refractivity contribution in [1.82, 2.24) is 4.90 Å². The van der Waals surface area contributed by atoms with Crippen molar-refractivity contribution in [3.8, 4) is 0 Å². The lowest BCUT2D eigenvalue weighted by atomic mass is 10.0. The van der Waals surface area contributed by atoms with Crippen molar-refractivity contribution in [3.05, 3.63) is 42.5 Å². The molecule has 0 bridgehead atoms. The monoisotopic (exact) mass is 355 g/mol. The van der Waals surface area contributed by atoms with Crippen LogP contribution in [0.1, 0.15) is 6.92 Å². The normalized spacial score (nSPS) is 19.0. The highest BCUT2D eigenvalue weighted by molar-refractivity contribution is 8.72. The SMILES string of the molecule is C=C(C)C(C(=O)OC)N1C[C@@H](SS(=O)(=O)c2ccccc2)C1=O. The molecule has 0 aliphatic carbocycles. The summed E-state index contributed by atoms with van der Waals surface area (Å²) in [5, 5.41) is -0.730. The largest absolute Gasteiger partial charge is 0.467 e. The molecule has 23 heavy (non-hydrogen) atoms. The fourth-order valence-corrected chi connectivity index (χ4v) is 5.59. The minimum absolute atomic E-state index is 0.153. The van der Waals surface area contributed by atoms with Gasteiger partial charge in [0, 0.05) is 6.54 Å². The highest BCUT2D eigenvalue weighted by atomic mass is 33.1. The first-order valence-electron chi connectivity index (χ1n) is 6.80. The molecule has 0 aromatic heterocycles. The Balaban J connectivity index is 2.08. The number of β-lactam (4-membered cyclic amide) rings is 1. The van der Waals surface area contributed by atoms with Gasteiger partial charge in [0.15, 0.2) is 6.04 Å². The molecule has 0 radical (unpaired) electrons. The molecule has 1 aliphatic rings. The highest BCUT2D eigenvalue weighted by Gasteiger charge is 2.46. The molecule has 2 atom stereocenters. The maximum absolute atomic E-state index is 12.3. The second-order valence-corrected chi connectivity index (χ2v) is 9.15. The highest BCUT2D eigenvalue weighted by Crippen LogP contribution is 2.35. The van der Waals surface area contributed by atoms with E-state index >= 15 is 0 Å². The topological polar surface area (TPSA) is 80.8 Å². The van der Waals surface area contributed by atoms with E-state index in [2.05, 4.69) is 11.3 Å². The van der Waals surface area contributed by atoms with Crippen LogP contribution in [0.2, 0.25) is 0 Å². The molecule has 0 saturated carbocycles. The number of esters is 1. The molecule has 1 heterocycles. The summed E-state index contributed by atoms with van der Waals surface area (Å²) in [6.07, 6.45) is 0. The molecule has 2 rings (SSSR count). The van der Waals surface area contributed by atoms with Crippen molar-refractivity contribution in [2.24, 2.45) is 0 Å². The third-order valence-electron chi connectivity index (χ3n) is 3.40. The average Bonchev–Trinajstić information content (AvgIpc) is 2.53. The second-order valence-electron chi connectivity index (χ2n) is 5.11. The Labute approximate surface area is 138 Å². The van der Waals surface area contributed by atoms with Crippen molar-refractivity contribution in [2.45, 2.75) is 23.1 Å². The minimum atomic E-state index is -3.62. The first kappa shape index (κ1) is 17.6. The zero-order chi connectivity index (χ0) is 17.2. The molecule has 1 unspecified atom stereocenters. The van der Waals surface area contributed by atoms with Crippen LogP contribution in [0.15, 0.2) is 47.4 Å². The number of methoxy groups -OCH3 is 1. The van der Waals surface area contributed by atoms with Gasteiger partial charge >= 0.3 is 5.97 Å². The lowest BCUT2D eigenvalue weighted by Gasteiger charge is -2.41. The maximum atomic E-state index is 12.3. The minimum Gasteiger partial charge on any atom is -0.467 e. The number of nitrogens with zero attached hydrogens (tertiary/aromatic N) is 1.